The van der Waals surface area contributed by atoms with Gasteiger partial charge in [0.05, 0.1) is 21.1 Å². The van der Waals surface area contributed by atoms with E-state index in [1.165, 1.54) is 0 Å². The van der Waals surface area contributed by atoms with Crippen LogP contribution in [0, 0.1) is 5.92 Å². The molecule has 0 radical (unpaired) electrons. The van der Waals surface area contributed by atoms with Crippen LogP contribution in [0.3, 0.4) is 0 Å². The van der Waals surface area contributed by atoms with Gasteiger partial charge in [0.2, 0.25) is 0 Å². The third-order valence-electron chi connectivity index (χ3n) is 5.28. The van der Waals surface area contributed by atoms with Gasteiger partial charge in [0.15, 0.2) is 6.10 Å². The number of nitrogens with one attached hydrogen (secondary N) is 1. The summed E-state index contributed by atoms with van der Waals surface area (Å²) in [6.45, 7) is 1.66. The molecule has 1 aromatic heterocycles. The van der Waals surface area contributed by atoms with Crippen LogP contribution in [0.1, 0.15) is 56.4 Å². The average molecular weight is 372 g/mol. The summed E-state index contributed by atoms with van der Waals surface area (Å²) in [4.78, 5) is 29.6. The number of benzene rings is 1. The quantitative estimate of drug-likeness (QED) is 0.811. The second-order valence-corrected chi connectivity index (χ2v) is 8.44. The SMILES string of the molecule is C[C@@H](OC(=O)[C@@H]1CCCC[C@@H]1c1nc2ccccc2s1)C(=O)NC1CC1. The summed E-state index contributed by atoms with van der Waals surface area (Å²) >= 11 is 1.67. The number of hydrogen-bond acceptors (Lipinski definition) is 5. The Morgan fingerprint density at radius 2 is 1.96 bits per heavy atom. The molecular weight excluding hydrogens is 348 g/mol. The fourth-order valence-corrected chi connectivity index (χ4v) is 4.79. The summed E-state index contributed by atoms with van der Waals surface area (Å²) in [6, 6.07) is 8.34. The number of nitrogens with zero attached hydrogens (tertiary/aromatic N) is 1. The van der Waals surface area contributed by atoms with Crippen molar-refractivity contribution in [2.24, 2.45) is 5.92 Å². The Morgan fingerprint density at radius 3 is 2.73 bits per heavy atom. The number of esters is 1. The van der Waals surface area contributed by atoms with E-state index in [1.54, 1.807) is 18.3 Å². The van der Waals surface area contributed by atoms with Gasteiger partial charge in [-0.25, -0.2) is 4.98 Å². The van der Waals surface area contributed by atoms with Crippen LogP contribution < -0.4 is 5.32 Å². The molecule has 3 atom stereocenters. The Morgan fingerprint density at radius 1 is 1.19 bits per heavy atom. The van der Waals surface area contributed by atoms with Crippen LogP contribution in [0.15, 0.2) is 24.3 Å². The second kappa shape index (κ2) is 7.35. The highest BCUT2D eigenvalue weighted by molar-refractivity contribution is 7.18. The molecule has 1 heterocycles. The predicted octanol–water partition coefficient (Wildman–Crippen LogP) is 3.78. The third kappa shape index (κ3) is 3.75. The van der Waals surface area contributed by atoms with Crippen molar-refractivity contribution >= 4 is 33.4 Å². The lowest BCUT2D eigenvalue weighted by atomic mass is 9.79. The van der Waals surface area contributed by atoms with Crippen LogP contribution in [0.5, 0.6) is 0 Å². The lowest BCUT2D eigenvalue weighted by Gasteiger charge is -2.29. The van der Waals surface area contributed by atoms with Gasteiger partial charge < -0.3 is 10.1 Å². The molecular formula is C20H24N2O3S. The number of thiazole rings is 1. The Labute approximate surface area is 157 Å². The molecule has 1 amide bonds. The fourth-order valence-electron chi connectivity index (χ4n) is 3.62. The van der Waals surface area contributed by atoms with Crippen molar-refractivity contribution in [3.05, 3.63) is 29.3 Å². The van der Waals surface area contributed by atoms with Crippen LogP contribution in [0.25, 0.3) is 10.2 Å². The zero-order chi connectivity index (χ0) is 18.1. The molecule has 138 valence electrons. The maximum atomic E-state index is 12.8. The van der Waals surface area contributed by atoms with Crippen LogP contribution in [-0.4, -0.2) is 29.0 Å². The van der Waals surface area contributed by atoms with Crippen molar-refractivity contribution in [3.63, 3.8) is 0 Å². The minimum absolute atomic E-state index is 0.0901. The normalized spacial score (nSPS) is 24.2. The molecule has 0 spiro atoms. The van der Waals surface area contributed by atoms with E-state index in [1.807, 2.05) is 18.2 Å². The summed E-state index contributed by atoms with van der Waals surface area (Å²) in [6.07, 6.45) is 5.18. The summed E-state index contributed by atoms with van der Waals surface area (Å²) in [5, 5.41) is 3.91. The van der Waals surface area contributed by atoms with Gasteiger partial charge in [-0.1, -0.05) is 25.0 Å². The highest BCUT2D eigenvalue weighted by atomic mass is 32.1. The first kappa shape index (κ1) is 17.5. The van der Waals surface area contributed by atoms with E-state index in [0.717, 1.165) is 53.7 Å². The number of carbonyl (C=O) groups excluding carboxylic acids is 2. The van der Waals surface area contributed by atoms with Crippen LogP contribution in [-0.2, 0) is 14.3 Å². The highest BCUT2D eigenvalue weighted by Gasteiger charge is 2.37. The first-order chi connectivity index (χ1) is 12.6. The topological polar surface area (TPSA) is 68.3 Å². The summed E-state index contributed by atoms with van der Waals surface area (Å²) in [7, 11) is 0. The van der Waals surface area contributed by atoms with Gasteiger partial charge in [0.25, 0.3) is 5.91 Å². The molecule has 5 nitrogen and oxygen atoms in total. The molecule has 0 unspecified atom stereocenters. The van der Waals surface area contributed by atoms with Gasteiger partial charge in [-0.3, -0.25) is 9.59 Å². The van der Waals surface area contributed by atoms with E-state index in [2.05, 4.69) is 11.4 Å². The van der Waals surface area contributed by atoms with Crippen molar-refractivity contribution < 1.29 is 14.3 Å². The smallest absolute Gasteiger partial charge is 0.310 e. The molecule has 1 aromatic carbocycles. The van der Waals surface area contributed by atoms with Gasteiger partial charge in [-0.05, 0) is 44.7 Å². The maximum absolute atomic E-state index is 12.8. The minimum atomic E-state index is -0.735. The highest BCUT2D eigenvalue weighted by Crippen LogP contribution is 2.41. The fraction of sp³-hybridized carbons (Fsp3) is 0.550. The zero-order valence-corrected chi connectivity index (χ0v) is 15.8. The number of rotatable bonds is 5. The Balaban J connectivity index is 1.47. The molecule has 0 bridgehead atoms. The van der Waals surface area contributed by atoms with Gasteiger partial charge in [-0.15, -0.1) is 11.3 Å². The first-order valence-corrected chi connectivity index (χ1v) is 10.3. The molecule has 4 rings (SSSR count). The van der Waals surface area contributed by atoms with Crippen LogP contribution >= 0.6 is 11.3 Å². The lowest BCUT2D eigenvalue weighted by Crippen LogP contribution is -2.39. The van der Waals surface area contributed by atoms with Crippen molar-refractivity contribution in [2.45, 2.75) is 63.5 Å². The average Bonchev–Trinajstić information content (AvgIpc) is 3.36. The summed E-state index contributed by atoms with van der Waals surface area (Å²) in [5.41, 5.74) is 0.988. The van der Waals surface area contributed by atoms with Gasteiger partial charge >= 0.3 is 5.97 Å². The Kier molecular flexibility index (Phi) is 4.94. The van der Waals surface area contributed by atoms with Gasteiger partial charge in [0.1, 0.15) is 0 Å². The summed E-state index contributed by atoms with van der Waals surface area (Å²) in [5.74, 6) is -0.562. The Bertz CT molecular complexity index is 781. The number of fused-ring (bicyclic) bond motifs is 1. The first-order valence-electron chi connectivity index (χ1n) is 9.48. The molecule has 26 heavy (non-hydrogen) atoms. The molecule has 1 N–H and O–H groups in total. The zero-order valence-electron chi connectivity index (χ0n) is 14.9. The van der Waals surface area contributed by atoms with E-state index in [9.17, 15) is 9.59 Å². The molecule has 6 heteroatoms. The standard InChI is InChI=1S/C20H24N2O3S/c1-12(18(23)21-13-10-11-13)25-20(24)15-7-3-2-6-14(15)19-22-16-8-4-5-9-17(16)26-19/h4-5,8-9,12-15H,2-3,6-7,10-11H2,1H3,(H,21,23)/t12-,14+,15-/m1/s1. The molecule has 2 aliphatic rings. The molecule has 2 aliphatic carbocycles. The van der Waals surface area contributed by atoms with E-state index in [0.29, 0.717) is 0 Å². The molecule has 2 aromatic rings. The number of para-hydroxylation sites is 1. The van der Waals surface area contributed by atoms with Crippen molar-refractivity contribution in [2.75, 3.05) is 0 Å². The van der Waals surface area contributed by atoms with Crippen LogP contribution in [0.4, 0.5) is 0 Å². The molecule has 0 saturated heterocycles. The van der Waals surface area contributed by atoms with Gasteiger partial charge in [0, 0.05) is 12.0 Å². The Hall–Kier alpha value is -1.95. The van der Waals surface area contributed by atoms with Gasteiger partial charge in [-0.2, -0.15) is 0 Å². The minimum Gasteiger partial charge on any atom is -0.452 e. The molecule has 2 fully saturated rings. The van der Waals surface area contributed by atoms with Crippen molar-refractivity contribution in [1.82, 2.24) is 10.3 Å². The number of carbonyl (C=O) groups is 2. The number of hydrogen-bond donors (Lipinski definition) is 1. The molecule has 0 aliphatic heterocycles. The summed E-state index contributed by atoms with van der Waals surface area (Å²) < 4.78 is 6.68. The van der Waals surface area contributed by atoms with E-state index >= 15 is 0 Å². The van der Waals surface area contributed by atoms with E-state index < -0.39 is 6.10 Å². The number of ether oxygens (including phenoxy) is 1. The lowest BCUT2D eigenvalue weighted by molar-refractivity contribution is -0.160. The van der Waals surface area contributed by atoms with E-state index in [4.69, 9.17) is 9.72 Å². The number of aromatic nitrogens is 1. The van der Waals surface area contributed by atoms with Crippen molar-refractivity contribution in [1.29, 1.82) is 0 Å². The number of amides is 1. The molecule has 2 saturated carbocycles. The monoisotopic (exact) mass is 372 g/mol. The van der Waals surface area contributed by atoms with Crippen LogP contribution in [0.2, 0.25) is 0 Å². The third-order valence-corrected chi connectivity index (χ3v) is 6.45. The van der Waals surface area contributed by atoms with Crippen molar-refractivity contribution in [3.8, 4) is 0 Å². The second-order valence-electron chi connectivity index (χ2n) is 7.38. The maximum Gasteiger partial charge on any atom is 0.310 e. The largest absolute Gasteiger partial charge is 0.452 e. The van der Waals surface area contributed by atoms with E-state index in [-0.39, 0.29) is 29.8 Å². The predicted molar refractivity (Wildman–Crippen MR) is 101 cm³/mol.